The fourth-order valence-electron chi connectivity index (χ4n) is 3.61. The molecule has 0 aliphatic carbocycles. The number of nitrogens with one attached hydrogen (secondary N) is 2. The normalized spacial score (nSPS) is 17.2. The number of likely N-dealkylation sites (tertiary alicyclic amines) is 1. The Kier molecular flexibility index (Phi) is 11.3. The van der Waals surface area contributed by atoms with Crippen molar-refractivity contribution in [2.75, 3.05) is 33.3 Å². The molecule has 2 aromatic rings. The molecule has 2 atom stereocenters. The zero-order valence-electron chi connectivity index (χ0n) is 20.2. The number of rotatable bonds is 7. The summed E-state index contributed by atoms with van der Waals surface area (Å²) in [4.78, 5) is 29.5. The van der Waals surface area contributed by atoms with Crippen LogP contribution in [0.2, 0.25) is 10.0 Å². The third-order valence-electron chi connectivity index (χ3n) is 5.28. The number of aromatic amines is 1. The van der Waals surface area contributed by atoms with Crippen molar-refractivity contribution in [1.29, 1.82) is 0 Å². The van der Waals surface area contributed by atoms with Gasteiger partial charge in [0.25, 0.3) is 0 Å². The van der Waals surface area contributed by atoms with E-state index < -0.39 is 5.91 Å². The molecule has 0 spiro atoms. The monoisotopic (exact) mass is 525 g/mol. The number of benzene rings is 1. The average Bonchev–Trinajstić information content (AvgIpc) is 3.32. The van der Waals surface area contributed by atoms with Crippen molar-refractivity contribution in [1.82, 2.24) is 20.4 Å². The number of aliphatic imine (C=N–C) groups is 1. The maximum atomic E-state index is 12.5. The fourth-order valence-corrected chi connectivity index (χ4v) is 4.01. The molecule has 1 fully saturated rings. The first-order valence-electron chi connectivity index (χ1n) is 11.3. The number of nitrogens with two attached hydrogens (primary N) is 2. The average molecular weight is 526 g/mol. The minimum Gasteiger partial charge on any atom is -0.379 e. The third-order valence-corrected chi connectivity index (χ3v) is 6.10. The summed E-state index contributed by atoms with van der Waals surface area (Å²) >= 11 is 12.4. The van der Waals surface area contributed by atoms with Crippen molar-refractivity contribution in [3.8, 4) is 11.3 Å². The van der Waals surface area contributed by atoms with E-state index in [-0.39, 0.29) is 37.0 Å². The Balaban J connectivity index is 0.00000137. The highest BCUT2D eigenvalue weighted by Gasteiger charge is 2.33. The molecule has 2 unspecified atom stereocenters. The second kappa shape index (κ2) is 13.9. The quantitative estimate of drug-likeness (QED) is 0.322. The van der Waals surface area contributed by atoms with Crippen LogP contribution in [-0.4, -0.2) is 72.3 Å². The second-order valence-electron chi connectivity index (χ2n) is 8.04. The van der Waals surface area contributed by atoms with Crippen molar-refractivity contribution >= 4 is 41.0 Å². The summed E-state index contributed by atoms with van der Waals surface area (Å²) in [5.41, 5.74) is 12.7. The van der Waals surface area contributed by atoms with Crippen molar-refractivity contribution < 1.29 is 14.3 Å². The van der Waals surface area contributed by atoms with Gasteiger partial charge in [0.15, 0.2) is 5.96 Å². The summed E-state index contributed by atoms with van der Waals surface area (Å²) in [6.45, 7) is 4.79. The molecule has 1 saturated heterocycles. The molecular weight excluding hydrogens is 493 g/mol. The Morgan fingerprint density at radius 3 is 2.69 bits per heavy atom. The number of H-pyrrole nitrogens is 1. The Morgan fingerprint density at radius 2 is 2.03 bits per heavy atom. The molecule has 0 bridgehead atoms. The van der Waals surface area contributed by atoms with E-state index in [0.717, 1.165) is 11.3 Å². The van der Waals surface area contributed by atoms with Crippen LogP contribution in [0.5, 0.6) is 0 Å². The lowest BCUT2D eigenvalue weighted by atomic mass is 9.90. The number of hydrogen-bond acceptors (Lipinski definition) is 5. The van der Waals surface area contributed by atoms with Crippen LogP contribution in [0.1, 0.15) is 38.3 Å². The van der Waals surface area contributed by atoms with Gasteiger partial charge < -0.3 is 26.4 Å². The lowest BCUT2D eigenvalue weighted by Crippen LogP contribution is -2.49. The van der Waals surface area contributed by atoms with Gasteiger partial charge in [0, 0.05) is 37.4 Å². The van der Waals surface area contributed by atoms with Gasteiger partial charge >= 0.3 is 0 Å². The van der Waals surface area contributed by atoms with Gasteiger partial charge in [-0.15, -0.1) is 0 Å². The van der Waals surface area contributed by atoms with Crippen molar-refractivity contribution in [3.05, 3.63) is 40.0 Å². The van der Waals surface area contributed by atoms with E-state index in [1.165, 1.54) is 6.42 Å². The number of guanidine groups is 1. The Bertz CT molecular complexity index is 1020. The van der Waals surface area contributed by atoms with Crippen molar-refractivity contribution in [2.24, 2.45) is 16.5 Å². The van der Waals surface area contributed by atoms with E-state index in [1.807, 2.05) is 18.2 Å². The molecule has 10 nitrogen and oxygen atoms in total. The van der Waals surface area contributed by atoms with Crippen LogP contribution in [0.15, 0.2) is 29.3 Å². The highest BCUT2D eigenvalue weighted by molar-refractivity contribution is 6.43. The number of ether oxygens (including phenoxy) is 1. The molecule has 1 aromatic heterocycles. The van der Waals surface area contributed by atoms with Crippen molar-refractivity contribution in [3.63, 3.8) is 0 Å². The predicted molar refractivity (Wildman–Crippen MR) is 138 cm³/mol. The zero-order valence-corrected chi connectivity index (χ0v) is 21.7. The van der Waals surface area contributed by atoms with E-state index in [1.54, 1.807) is 18.1 Å². The summed E-state index contributed by atoms with van der Waals surface area (Å²) < 4.78 is 5.67. The van der Waals surface area contributed by atoms with Gasteiger partial charge in [-0.2, -0.15) is 5.10 Å². The standard InChI is InChI=1S/C20H25Cl2N7O3.C3H8/c1-32-16-10-29(18(31)9-25-17(30)8-26-20(23)24)6-5-11(16)14-7-15(28-27-14)12-3-2-4-13(21)19(12)22;1-3-2/h2-4,7,11,16H,5-6,8-10H2,1H3,(H,25,30)(H,27,28)(H4,23,24,26);3H2,1-2H3. The van der Waals surface area contributed by atoms with Crippen LogP contribution in [0.25, 0.3) is 11.3 Å². The summed E-state index contributed by atoms with van der Waals surface area (Å²) in [7, 11) is 1.60. The van der Waals surface area contributed by atoms with Crippen LogP contribution in [-0.2, 0) is 14.3 Å². The van der Waals surface area contributed by atoms with Crippen LogP contribution in [0, 0.1) is 0 Å². The fraction of sp³-hybridized carbons (Fsp3) is 0.478. The maximum Gasteiger partial charge on any atom is 0.242 e. The maximum absolute atomic E-state index is 12.5. The van der Waals surface area contributed by atoms with E-state index >= 15 is 0 Å². The molecule has 1 aliphatic heterocycles. The molecule has 0 saturated carbocycles. The topological polar surface area (TPSA) is 152 Å². The molecule has 0 radical (unpaired) electrons. The second-order valence-corrected chi connectivity index (χ2v) is 8.83. The van der Waals surface area contributed by atoms with Gasteiger partial charge in [-0.25, -0.2) is 4.99 Å². The molecule has 192 valence electrons. The molecule has 2 amide bonds. The van der Waals surface area contributed by atoms with Gasteiger partial charge in [-0.05, 0) is 18.6 Å². The van der Waals surface area contributed by atoms with Crippen LogP contribution in [0.3, 0.4) is 0 Å². The summed E-state index contributed by atoms with van der Waals surface area (Å²) in [5, 5.41) is 10.9. The number of methoxy groups -OCH3 is 1. The minimum atomic E-state index is -0.436. The smallest absolute Gasteiger partial charge is 0.242 e. The largest absolute Gasteiger partial charge is 0.379 e. The first-order valence-corrected chi connectivity index (χ1v) is 12.1. The highest BCUT2D eigenvalue weighted by atomic mass is 35.5. The van der Waals surface area contributed by atoms with E-state index in [4.69, 9.17) is 39.4 Å². The third kappa shape index (κ3) is 8.12. The number of hydrogen-bond donors (Lipinski definition) is 4. The van der Waals surface area contributed by atoms with Gasteiger partial charge in [0.1, 0.15) is 6.54 Å². The lowest BCUT2D eigenvalue weighted by Gasteiger charge is -2.37. The van der Waals surface area contributed by atoms with Crippen LogP contribution >= 0.6 is 23.2 Å². The molecular formula is C23H33Cl2N7O3. The summed E-state index contributed by atoms with van der Waals surface area (Å²) in [5.74, 6) is -0.815. The van der Waals surface area contributed by atoms with Gasteiger partial charge in [-0.3, -0.25) is 14.7 Å². The molecule has 1 aromatic carbocycles. The van der Waals surface area contributed by atoms with Gasteiger partial charge in [-0.1, -0.05) is 55.6 Å². The number of amides is 2. The number of carbonyl (C=O) groups excluding carboxylic acids is 2. The predicted octanol–water partition coefficient (Wildman–Crippen LogP) is 2.52. The molecule has 12 heteroatoms. The number of nitrogens with zero attached hydrogens (tertiary/aromatic N) is 3. The number of halogens is 2. The SMILES string of the molecule is CCC.COC1CN(C(=O)CNC(=O)CN=C(N)N)CCC1c1cc(-c2cccc(Cl)c2Cl)n[nH]1. The zero-order chi connectivity index (χ0) is 26.0. The van der Waals surface area contributed by atoms with Gasteiger partial charge in [0.2, 0.25) is 11.8 Å². The Labute approximate surface area is 215 Å². The number of carbonyl (C=O) groups is 2. The number of piperidine rings is 1. The van der Waals surface area contributed by atoms with Crippen molar-refractivity contribution in [2.45, 2.75) is 38.7 Å². The summed E-state index contributed by atoms with van der Waals surface area (Å²) in [6, 6.07) is 7.31. The molecule has 1 aliphatic rings. The number of aromatic nitrogens is 2. The van der Waals surface area contributed by atoms with Gasteiger partial charge in [0.05, 0.1) is 28.4 Å². The van der Waals surface area contributed by atoms with E-state index in [2.05, 4.69) is 34.4 Å². The Hall–Kier alpha value is -2.82. The lowest BCUT2D eigenvalue weighted by molar-refractivity contribution is -0.136. The van der Waals surface area contributed by atoms with Crippen LogP contribution in [0.4, 0.5) is 0 Å². The molecule has 2 heterocycles. The highest BCUT2D eigenvalue weighted by Crippen LogP contribution is 2.35. The summed E-state index contributed by atoms with van der Waals surface area (Å²) in [6.07, 6.45) is 1.67. The molecule has 6 N–H and O–H groups in total. The minimum absolute atomic E-state index is 0.0136. The first kappa shape index (κ1) is 28.4. The Morgan fingerprint density at radius 1 is 1.31 bits per heavy atom. The van der Waals surface area contributed by atoms with E-state index in [0.29, 0.717) is 35.2 Å². The first-order chi connectivity index (χ1) is 16.7. The van der Waals surface area contributed by atoms with Crippen LogP contribution < -0.4 is 16.8 Å². The van der Waals surface area contributed by atoms with E-state index in [9.17, 15) is 9.59 Å². The molecule has 35 heavy (non-hydrogen) atoms. The molecule has 3 rings (SSSR count).